The summed E-state index contributed by atoms with van der Waals surface area (Å²) in [7, 11) is 1.54. The number of ether oxygens (including phenoxy) is 1. The van der Waals surface area contributed by atoms with Gasteiger partial charge in [0.15, 0.2) is 0 Å². The van der Waals surface area contributed by atoms with Crippen LogP contribution in [0.4, 0.5) is 14.5 Å². The number of hydrogen-bond donors (Lipinski definition) is 1. The molecule has 0 atom stereocenters. The number of rotatable bonds is 5. The Hall–Kier alpha value is -3.93. The number of carbonyl (C=O) groups is 1. The van der Waals surface area contributed by atoms with E-state index in [9.17, 15) is 13.6 Å². The number of carbonyl (C=O) groups excluding carboxylic acids is 1. The predicted molar refractivity (Wildman–Crippen MR) is 126 cm³/mol. The van der Waals surface area contributed by atoms with Gasteiger partial charge in [-0.25, -0.2) is 8.78 Å². The molecule has 6 heteroatoms. The lowest BCUT2D eigenvalue weighted by Crippen LogP contribution is -2.10. The first-order valence-electron chi connectivity index (χ1n) is 10.4. The number of aryl methyl sites for hydroxylation is 2. The Labute approximate surface area is 190 Å². The molecule has 4 rings (SSSR count). The molecule has 168 valence electrons. The van der Waals surface area contributed by atoms with Crippen LogP contribution in [0.1, 0.15) is 23.6 Å². The number of halogens is 2. The van der Waals surface area contributed by atoms with Crippen molar-refractivity contribution < 1.29 is 22.7 Å². The maximum atomic E-state index is 13.9. The number of allylic oxidation sites excluding steroid dienone is 1. The van der Waals surface area contributed by atoms with Crippen LogP contribution >= 0.6 is 0 Å². The Morgan fingerprint density at radius 1 is 1.03 bits per heavy atom. The second kappa shape index (κ2) is 8.90. The molecule has 0 saturated heterocycles. The van der Waals surface area contributed by atoms with Gasteiger partial charge in [-0.1, -0.05) is 23.8 Å². The SMILES string of the molecule is COc1cc2occ(-c3ccc(C)cc3C)c2cc1/C(C)=C/C(=O)Nc1ccc(F)cc1F. The van der Waals surface area contributed by atoms with Gasteiger partial charge in [-0.2, -0.15) is 0 Å². The smallest absolute Gasteiger partial charge is 0.248 e. The van der Waals surface area contributed by atoms with Crippen molar-refractivity contribution in [1.29, 1.82) is 0 Å². The van der Waals surface area contributed by atoms with Crippen molar-refractivity contribution in [3.8, 4) is 16.9 Å². The number of methoxy groups -OCH3 is 1. The molecule has 1 heterocycles. The Morgan fingerprint density at radius 3 is 2.52 bits per heavy atom. The zero-order valence-corrected chi connectivity index (χ0v) is 18.8. The van der Waals surface area contributed by atoms with Gasteiger partial charge in [-0.3, -0.25) is 4.79 Å². The molecular formula is C27H23F2NO3. The molecule has 1 aromatic heterocycles. The average Bonchev–Trinajstić information content (AvgIpc) is 3.17. The number of nitrogens with one attached hydrogen (secondary N) is 1. The Bertz CT molecular complexity index is 1400. The summed E-state index contributed by atoms with van der Waals surface area (Å²) in [5.74, 6) is -1.56. The van der Waals surface area contributed by atoms with E-state index in [4.69, 9.17) is 9.15 Å². The third-order valence-corrected chi connectivity index (χ3v) is 5.53. The molecule has 1 amide bonds. The summed E-state index contributed by atoms with van der Waals surface area (Å²) in [6.07, 6.45) is 3.07. The molecule has 0 radical (unpaired) electrons. The molecule has 0 saturated carbocycles. The van der Waals surface area contributed by atoms with Crippen LogP contribution in [0.15, 0.2) is 65.3 Å². The highest BCUT2D eigenvalue weighted by molar-refractivity contribution is 6.05. The molecule has 4 aromatic rings. The van der Waals surface area contributed by atoms with Crippen molar-refractivity contribution in [3.63, 3.8) is 0 Å². The van der Waals surface area contributed by atoms with Gasteiger partial charge in [0.2, 0.25) is 5.91 Å². The fraction of sp³-hybridized carbons (Fsp3) is 0.148. The summed E-state index contributed by atoms with van der Waals surface area (Å²) >= 11 is 0. The Kier molecular flexibility index (Phi) is 6.01. The first kappa shape index (κ1) is 22.3. The number of anilines is 1. The Morgan fingerprint density at radius 2 is 1.82 bits per heavy atom. The number of amides is 1. The summed E-state index contributed by atoms with van der Waals surface area (Å²) in [6.45, 7) is 5.86. The van der Waals surface area contributed by atoms with Crippen molar-refractivity contribution in [2.45, 2.75) is 20.8 Å². The lowest BCUT2D eigenvalue weighted by molar-refractivity contribution is -0.111. The molecule has 0 unspecified atom stereocenters. The normalized spacial score (nSPS) is 11.6. The standard InChI is InChI=1S/C27H23F2NO3/c1-15-5-7-19(16(2)9-15)22-14-33-26-13-25(32-4)20(12-21(22)26)17(3)10-27(31)30-24-8-6-18(28)11-23(24)29/h5-14H,1-4H3,(H,30,31)/b17-10+. The van der Waals surface area contributed by atoms with E-state index in [0.29, 0.717) is 22.5 Å². The summed E-state index contributed by atoms with van der Waals surface area (Å²) < 4.78 is 38.3. The summed E-state index contributed by atoms with van der Waals surface area (Å²) in [5, 5.41) is 3.33. The third-order valence-electron chi connectivity index (χ3n) is 5.53. The van der Waals surface area contributed by atoms with Gasteiger partial charge in [0.25, 0.3) is 0 Å². The maximum Gasteiger partial charge on any atom is 0.248 e. The van der Waals surface area contributed by atoms with E-state index in [-0.39, 0.29) is 5.69 Å². The molecular weight excluding hydrogens is 424 g/mol. The van der Waals surface area contributed by atoms with E-state index in [0.717, 1.165) is 34.2 Å². The zero-order chi connectivity index (χ0) is 23.7. The van der Waals surface area contributed by atoms with E-state index < -0.39 is 17.5 Å². The maximum absolute atomic E-state index is 13.9. The van der Waals surface area contributed by atoms with Crippen molar-refractivity contribution in [2.75, 3.05) is 12.4 Å². The Balaban J connectivity index is 1.73. The monoisotopic (exact) mass is 447 g/mol. The van der Waals surface area contributed by atoms with Crippen molar-refractivity contribution in [2.24, 2.45) is 0 Å². The molecule has 0 fully saturated rings. The predicted octanol–water partition coefficient (Wildman–Crippen LogP) is 7.05. The van der Waals surface area contributed by atoms with Gasteiger partial charge >= 0.3 is 0 Å². The highest BCUT2D eigenvalue weighted by atomic mass is 19.1. The van der Waals surface area contributed by atoms with E-state index in [2.05, 4.69) is 30.4 Å². The van der Waals surface area contributed by atoms with Crippen LogP contribution in [0.3, 0.4) is 0 Å². The van der Waals surface area contributed by atoms with Crippen LogP contribution in [0.5, 0.6) is 5.75 Å². The van der Waals surface area contributed by atoms with Crippen LogP contribution in [0, 0.1) is 25.5 Å². The number of benzene rings is 3. The van der Waals surface area contributed by atoms with Gasteiger partial charge in [0, 0.05) is 34.7 Å². The quantitative estimate of drug-likeness (QED) is 0.334. The van der Waals surface area contributed by atoms with E-state index >= 15 is 0 Å². The lowest BCUT2D eigenvalue weighted by atomic mass is 9.96. The molecule has 0 aliphatic heterocycles. The highest BCUT2D eigenvalue weighted by Crippen LogP contribution is 2.38. The van der Waals surface area contributed by atoms with E-state index in [1.54, 1.807) is 26.4 Å². The average molecular weight is 447 g/mol. The summed E-state index contributed by atoms with van der Waals surface area (Å²) in [4.78, 5) is 12.5. The molecule has 33 heavy (non-hydrogen) atoms. The molecule has 0 spiro atoms. The van der Waals surface area contributed by atoms with Gasteiger partial charge in [0.05, 0.1) is 19.1 Å². The van der Waals surface area contributed by atoms with E-state index in [1.165, 1.54) is 17.7 Å². The first-order chi connectivity index (χ1) is 15.8. The minimum atomic E-state index is -0.843. The van der Waals surface area contributed by atoms with E-state index in [1.807, 2.05) is 13.0 Å². The van der Waals surface area contributed by atoms with Gasteiger partial charge in [-0.05, 0) is 55.7 Å². The van der Waals surface area contributed by atoms with Gasteiger partial charge < -0.3 is 14.5 Å². The number of furan rings is 1. The lowest BCUT2D eigenvalue weighted by Gasteiger charge is -2.11. The van der Waals surface area contributed by atoms with Crippen LogP contribution < -0.4 is 10.1 Å². The van der Waals surface area contributed by atoms with Crippen LogP contribution in [0.2, 0.25) is 0 Å². The van der Waals surface area contributed by atoms with Gasteiger partial charge in [0.1, 0.15) is 23.0 Å². The molecule has 1 N–H and O–H groups in total. The fourth-order valence-corrected chi connectivity index (χ4v) is 3.89. The number of hydrogen-bond acceptors (Lipinski definition) is 3. The molecule has 0 bridgehead atoms. The van der Waals surface area contributed by atoms with Gasteiger partial charge in [-0.15, -0.1) is 0 Å². The van der Waals surface area contributed by atoms with Crippen molar-refractivity contribution in [3.05, 3.63) is 89.2 Å². The van der Waals surface area contributed by atoms with Crippen LogP contribution in [-0.4, -0.2) is 13.0 Å². The molecule has 0 aliphatic carbocycles. The fourth-order valence-electron chi connectivity index (χ4n) is 3.89. The van der Waals surface area contributed by atoms with Crippen molar-refractivity contribution >= 4 is 28.1 Å². The highest BCUT2D eigenvalue weighted by Gasteiger charge is 2.16. The minimum absolute atomic E-state index is 0.0974. The van der Waals surface area contributed by atoms with Crippen molar-refractivity contribution in [1.82, 2.24) is 0 Å². The minimum Gasteiger partial charge on any atom is -0.496 e. The summed E-state index contributed by atoms with van der Waals surface area (Å²) in [5.41, 5.74) is 6.18. The third kappa shape index (κ3) is 4.51. The summed E-state index contributed by atoms with van der Waals surface area (Å²) in [6, 6.07) is 12.9. The number of fused-ring (bicyclic) bond motifs is 1. The second-order valence-electron chi connectivity index (χ2n) is 7.96. The largest absolute Gasteiger partial charge is 0.496 e. The van der Waals surface area contributed by atoms with Crippen LogP contribution in [0.25, 0.3) is 27.7 Å². The topological polar surface area (TPSA) is 51.5 Å². The second-order valence-corrected chi connectivity index (χ2v) is 7.96. The molecule has 3 aromatic carbocycles. The zero-order valence-electron chi connectivity index (χ0n) is 18.8. The molecule has 0 aliphatic rings. The molecule has 4 nitrogen and oxygen atoms in total. The first-order valence-corrected chi connectivity index (χ1v) is 10.4. The van der Waals surface area contributed by atoms with Crippen LogP contribution in [-0.2, 0) is 4.79 Å².